The second-order valence-corrected chi connectivity index (χ2v) is 5.55. The van der Waals surface area contributed by atoms with Crippen LogP contribution in [0, 0.1) is 0 Å². The number of aromatic nitrogens is 1. The number of nitrogens with two attached hydrogens (primary N) is 1. The molecule has 124 valence electrons. The highest BCUT2D eigenvalue weighted by molar-refractivity contribution is 5.95. The van der Waals surface area contributed by atoms with Crippen molar-refractivity contribution in [1.29, 1.82) is 0 Å². The van der Waals surface area contributed by atoms with Crippen molar-refractivity contribution in [2.75, 3.05) is 13.1 Å². The number of rotatable bonds is 7. The van der Waals surface area contributed by atoms with Crippen molar-refractivity contribution < 1.29 is 19.5 Å². The molecule has 0 aromatic carbocycles. The molecular weight excluding hydrogens is 300 g/mol. The van der Waals surface area contributed by atoms with Crippen LogP contribution in [-0.4, -0.2) is 57.9 Å². The van der Waals surface area contributed by atoms with E-state index in [-0.39, 0.29) is 30.2 Å². The van der Waals surface area contributed by atoms with E-state index in [4.69, 9.17) is 10.8 Å². The fraction of sp³-hybridized carbons (Fsp3) is 0.467. The van der Waals surface area contributed by atoms with Gasteiger partial charge >= 0.3 is 5.97 Å². The lowest BCUT2D eigenvalue weighted by Crippen LogP contribution is -2.54. The zero-order chi connectivity index (χ0) is 17.0. The van der Waals surface area contributed by atoms with E-state index in [1.807, 2.05) is 11.8 Å². The van der Waals surface area contributed by atoms with Gasteiger partial charge in [0, 0.05) is 18.3 Å². The average Bonchev–Trinajstić information content (AvgIpc) is 2.48. The maximum Gasteiger partial charge on any atom is 0.317 e. The zero-order valence-corrected chi connectivity index (χ0v) is 12.9. The van der Waals surface area contributed by atoms with Crippen LogP contribution in [0.25, 0.3) is 0 Å². The lowest BCUT2D eigenvalue weighted by molar-refractivity contribution is -0.139. The van der Waals surface area contributed by atoms with E-state index in [9.17, 15) is 14.4 Å². The number of carboxylic acids is 1. The molecule has 0 bridgehead atoms. The van der Waals surface area contributed by atoms with Gasteiger partial charge in [-0.2, -0.15) is 0 Å². The summed E-state index contributed by atoms with van der Waals surface area (Å²) in [5, 5.41) is 11.7. The van der Waals surface area contributed by atoms with Gasteiger partial charge in [-0.3, -0.25) is 24.3 Å². The molecule has 2 amide bonds. The van der Waals surface area contributed by atoms with Crippen LogP contribution in [0.3, 0.4) is 0 Å². The summed E-state index contributed by atoms with van der Waals surface area (Å²) in [6.45, 7) is 2.59. The van der Waals surface area contributed by atoms with Crippen molar-refractivity contribution in [3.63, 3.8) is 0 Å². The highest BCUT2D eigenvalue weighted by Gasteiger charge is 2.34. The Balaban J connectivity index is 1.84. The molecule has 0 unspecified atom stereocenters. The van der Waals surface area contributed by atoms with Gasteiger partial charge in [-0.1, -0.05) is 6.92 Å². The molecule has 0 spiro atoms. The monoisotopic (exact) mass is 320 g/mol. The maximum absolute atomic E-state index is 12.1. The molecule has 0 saturated heterocycles. The normalized spacial score (nSPS) is 19.9. The average molecular weight is 320 g/mol. The van der Waals surface area contributed by atoms with Gasteiger partial charge in [-0.05, 0) is 31.5 Å². The van der Waals surface area contributed by atoms with E-state index in [0.29, 0.717) is 12.1 Å². The lowest BCUT2D eigenvalue weighted by atomic mass is 9.85. The number of primary amides is 1. The number of carbonyl (C=O) groups is 3. The first kappa shape index (κ1) is 16.9. The van der Waals surface area contributed by atoms with E-state index in [2.05, 4.69) is 10.3 Å². The Labute approximate surface area is 133 Å². The van der Waals surface area contributed by atoms with Crippen LogP contribution in [0.4, 0.5) is 0 Å². The van der Waals surface area contributed by atoms with Gasteiger partial charge in [0.05, 0.1) is 12.1 Å². The highest BCUT2D eigenvalue weighted by atomic mass is 16.4. The number of amides is 2. The van der Waals surface area contributed by atoms with E-state index < -0.39 is 11.9 Å². The summed E-state index contributed by atoms with van der Waals surface area (Å²) in [5.74, 6) is -1.75. The number of carbonyl (C=O) groups excluding carboxylic acids is 2. The molecule has 0 aliphatic heterocycles. The number of hydrogen-bond donors (Lipinski definition) is 3. The van der Waals surface area contributed by atoms with Crippen LogP contribution >= 0.6 is 0 Å². The Morgan fingerprint density at radius 2 is 2.09 bits per heavy atom. The smallest absolute Gasteiger partial charge is 0.317 e. The molecule has 1 saturated carbocycles. The van der Waals surface area contributed by atoms with Gasteiger partial charge in [-0.25, -0.2) is 0 Å². The molecule has 1 aromatic rings. The predicted octanol–water partition coefficient (Wildman–Crippen LogP) is -0.152. The third kappa shape index (κ3) is 4.26. The molecule has 0 radical (unpaired) electrons. The molecule has 23 heavy (non-hydrogen) atoms. The highest BCUT2D eigenvalue weighted by Crippen LogP contribution is 2.25. The number of likely N-dealkylation sites (N-methyl/N-ethyl adjacent to an activating group) is 1. The Morgan fingerprint density at radius 3 is 2.57 bits per heavy atom. The summed E-state index contributed by atoms with van der Waals surface area (Å²) in [6, 6.07) is 3.11. The van der Waals surface area contributed by atoms with Gasteiger partial charge in [0.15, 0.2) is 0 Å². The van der Waals surface area contributed by atoms with Gasteiger partial charge in [0.1, 0.15) is 5.69 Å². The van der Waals surface area contributed by atoms with Crippen molar-refractivity contribution in [2.45, 2.75) is 31.8 Å². The fourth-order valence-corrected chi connectivity index (χ4v) is 2.62. The van der Waals surface area contributed by atoms with Gasteiger partial charge < -0.3 is 16.2 Å². The molecule has 1 heterocycles. The van der Waals surface area contributed by atoms with E-state index in [0.717, 1.165) is 12.8 Å². The van der Waals surface area contributed by atoms with Gasteiger partial charge in [0.25, 0.3) is 11.8 Å². The number of pyridine rings is 1. The Bertz CT molecular complexity index is 596. The Kier molecular flexibility index (Phi) is 5.28. The van der Waals surface area contributed by atoms with Crippen molar-refractivity contribution in [3.8, 4) is 0 Å². The standard InChI is InChI=1S/C15H20N4O4/c1-2-19(8-13(20)21)11-5-10(6-11)18-15(23)9-3-4-12(14(16)22)17-7-9/h3-4,7,10-11H,2,5-6,8H2,1H3,(H2,16,22)(H,18,23)(H,20,21). The molecular formula is C15H20N4O4. The minimum Gasteiger partial charge on any atom is -0.480 e. The molecule has 0 atom stereocenters. The van der Waals surface area contributed by atoms with Crippen molar-refractivity contribution >= 4 is 17.8 Å². The maximum atomic E-state index is 12.1. The molecule has 8 nitrogen and oxygen atoms in total. The molecule has 4 N–H and O–H groups in total. The summed E-state index contributed by atoms with van der Waals surface area (Å²) in [5.41, 5.74) is 5.56. The van der Waals surface area contributed by atoms with Gasteiger partial charge in [0.2, 0.25) is 0 Å². The van der Waals surface area contributed by atoms with Crippen LogP contribution < -0.4 is 11.1 Å². The van der Waals surface area contributed by atoms with E-state index in [1.165, 1.54) is 18.3 Å². The number of carboxylic acid groups (broad SMARTS) is 1. The lowest BCUT2D eigenvalue weighted by Gasteiger charge is -2.42. The quantitative estimate of drug-likeness (QED) is 0.641. The Hall–Kier alpha value is -2.48. The third-order valence-electron chi connectivity index (χ3n) is 3.99. The predicted molar refractivity (Wildman–Crippen MR) is 81.9 cm³/mol. The molecule has 1 aliphatic rings. The summed E-state index contributed by atoms with van der Waals surface area (Å²) < 4.78 is 0. The largest absolute Gasteiger partial charge is 0.480 e. The Morgan fingerprint density at radius 1 is 1.39 bits per heavy atom. The number of nitrogens with zero attached hydrogens (tertiary/aromatic N) is 2. The topological polar surface area (TPSA) is 126 Å². The van der Waals surface area contributed by atoms with E-state index >= 15 is 0 Å². The number of nitrogens with one attached hydrogen (secondary N) is 1. The van der Waals surface area contributed by atoms with Crippen LogP contribution in [0.15, 0.2) is 18.3 Å². The molecule has 1 aromatic heterocycles. The number of hydrogen-bond acceptors (Lipinski definition) is 5. The van der Waals surface area contributed by atoms with Gasteiger partial charge in [-0.15, -0.1) is 0 Å². The zero-order valence-electron chi connectivity index (χ0n) is 12.9. The van der Waals surface area contributed by atoms with Crippen LogP contribution in [-0.2, 0) is 4.79 Å². The van der Waals surface area contributed by atoms with Crippen molar-refractivity contribution in [1.82, 2.24) is 15.2 Å². The van der Waals surface area contributed by atoms with Crippen molar-refractivity contribution in [3.05, 3.63) is 29.6 Å². The van der Waals surface area contributed by atoms with E-state index in [1.54, 1.807) is 0 Å². The van der Waals surface area contributed by atoms with Crippen LogP contribution in [0.1, 0.15) is 40.6 Å². The SMILES string of the molecule is CCN(CC(=O)O)C1CC(NC(=O)c2ccc(C(N)=O)nc2)C1. The second kappa shape index (κ2) is 7.19. The van der Waals surface area contributed by atoms with Crippen LogP contribution in [0.2, 0.25) is 0 Å². The first-order valence-electron chi connectivity index (χ1n) is 7.43. The summed E-state index contributed by atoms with van der Waals surface area (Å²) in [6.07, 6.45) is 2.76. The fourth-order valence-electron chi connectivity index (χ4n) is 2.62. The molecule has 1 fully saturated rings. The first-order valence-corrected chi connectivity index (χ1v) is 7.43. The third-order valence-corrected chi connectivity index (χ3v) is 3.99. The number of aliphatic carboxylic acids is 1. The molecule has 2 rings (SSSR count). The molecule has 8 heteroatoms. The first-order chi connectivity index (χ1) is 10.9. The summed E-state index contributed by atoms with van der Waals surface area (Å²) in [7, 11) is 0. The van der Waals surface area contributed by atoms with Crippen LogP contribution in [0.5, 0.6) is 0 Å². The second-order valence-electron chi connectivity index (χ2n) is 5.55. The minimum absolute atomic E-state index is 0.0142. The summed E-state index contributed by atoms with van der Waals surface area (Å²) in [4.78, 5) is 39.5. The summed E-state index contributed by atoms with van der Waals surface area (Å²) >= 11 is 0. The van der Waals surface area contributed by atoms with Crippen molar-refractivity contribution in [2.24, 2.45) is 5.73 Å². The minimum atomic E-state index is -0.847. The molecule has 1 aliphatic carbocycles.